The van der Waals surface area contributed by atoms with Crippen molar-refractivity contribution in [2.24, 2.45) is 0 Å². The summed E-state index contributed by atoms with van der Waals surface area (Å²) in [4.78, 5) is 19.7. The van der Waals surface area contributed by atoms with Crippen LogP contribution in [0.1, 0.15) is 15.9 Å². The van der Waals surface area contributed by atoms with Crippen LogP contribution >= 0.6 is 23.7 Å². The van der Waals surface area contributed by atoms with Gasteiger partial charge in [0, 0.05) is 31.3 Å². The molecule has 0 saturated carbocycles. The molecule has 1 aromatic heterocycles. The van der Waals surface area contributed by atoms with Crippen LogP contribution in [-0.4, -0.2) is 50.2 Å². The number of carbonyl (C=O) groups excluding carboxylic acids is 1. The van der Waals surface area contributed by atoms with Crippen LogP contribution in [-0.2, 0) is 11.3 Å². The third-order valence-corrected chi connectivity index (χ3v) is 6.38. The maximum absolute atomic E-state index is 12.9. The second kappa shape index (κ2) is 11.9. The lowest BCUT2D eigenvalue weighted by atomic mass is 10.1. The smallest absolute Gasteiger partial charge is 0.257 e. The van der Waals surface area contributed by atoms with Gasteiger partial charge in [-0.2, -0.15) is 0 Å². The number of thiazole rings is 1. The lowest BCUT2D eigenvalue weighted by Gasteiger charge is -2.16. The number of carbonyl (C=O) groups is 1. The zero-order valence-corrected chi connectivity index (χ0v) is 21.0. The minimum absolute atomic E-state index is 0. The van der Waals surface area contributed by atoms with Crippen LogP contribution in [0.3, 0.4) is 0 Å². The second-order valence-electron chi connectivity index (χ2n) is 7.76. The van der Waals surface area contributed by atoms with E-state index in [9.17, 15) is 4.79 Å². The molecule has 1 amide bonds. The molecule has 6 nitrogen and oxygen atoms in total. The Bertz CT molecular complexity index is 1230. The summed E-state index contributed by atoms with van der Waals surface area (Å²) in [5.41, 5.74) is 4.63. The average molecular weight is 498 g/mol. The Hall–Kier alpha value is -2.97. The predicted octanol–water partition coefficient (Wildman–Crippen LogP) is 5.72. The molecular weight excluding hydrogens is 470 g/mol. The van der Waals surface area contributed by atoms with Crippen LogP contribution in [0.4, 0.5) is 5.13 Å². The molecule has 0 aliphatic heterocycles. The SMILES string of the molecule is COCCN(C)Cc1ccc(C(=O)Nc2nc3c(OC)ccc(-c4ccccc4)c3s2)cc1.Cl. The molecule has 0 saturated heterocycles. The summed E-state index contributed by atoms with van der Waals surface area (Å²) in [6, 6.07) is 21.7. The second-order valence-corrected chi connectivity index (χ2v) is 8.76. The van der Waals surface area contributed by atoms with E-state index in [1.54, 1.807) is 14.2 Å². The van der Waals surface area contributed by atoms with Crippen molar-refractivity contribution in [2.45, 2.75) is 6.54 Å². The van der Waals surface area contributed by atoms with E-state index >= 15 is 0 Å². The first-order valence-electron chi connectivity index (χ1n) is 10.7. The Balaban J connectivity index is 0.00000324. The number of nitrogens with one attached hydrogen (secondary N) is 1. The first-order valence-corrected chi connectivity index (χ1v) is 11.5. The predicted molar refractivity (Wildman–Crippen MR) is 141 cm³/mol. The summed E-state index contributed by atoms with van der Waals surface area (Å²) in [6.45, 7) is 2.34. The fraction of sp³-hybridized carbons (Fsp3) is 0.231. The Kier molecular flexibility index (Phi) is 9.01. The minimum atomic E-state index is -0.187. The molecule has 0 atom stereocenters. The van der Waals surface area contributed by atoms with Crippen molar-refractivity contribution < 1.29 is 14.3 Å². The van der Waals surface area contributed by atoms with E-state index in [4.69, 9.17) is 9.47 Å². The van der Waals surface area contributed by atoms with Crippen molar-refractivity contribution >= 4 is 45.0 Å². The normalized spacial score (nSPS) is 10.8. The lowest BCUT2D eigenvalue weighted by Crippen LogP contribution is -2.22. The van der Waals surface area contributed by atoms with E-state index < -0.39 is 0 Å². The molecule has 8 heteroatoms. The lowest BCUT2D eigenvalue weighted by molar-refractivity contribution is 0.102. The number of fused-ring (bicyclic) bond motifs is 1. The summed E-state index contributed by atoms with van der Waals surface area (Å²) in [5, 5.41) is 3.49. The molecule has 0 aliphatic carbocycles. The van der Waals surface area contributed by atoms with Crippen LogP contribution in [0.25, 0.3) is 21.3 Å². The van der Waals surface area contributed by atoms with Crippen LogP contribution < -0.4 is 10.1 Å². The number of hydrogen-bond donors (Lipinski definition) is 1. The topological polar surface area (TPSA) is 63.7 Å². The van der Waals surface area contributed by atoms with Crippen LogP contribution in [0.2, 0.25) is 0 Å². The minimum Gasteiger partial charge on any atom is -0.494 e. The van der Waals surface area contributed by atoms with E-state index in [1.165, 1.54) is 11.3 Å². The van der Waals surface area contributed by atoms with Gasteiger partial charge in [-0.1, -0.05) is 53.8 Å². The number of ether oxygens (including phenoxy) is 2. The van der Waals surface area contributed by atoms with E-state index in [1.807, 2.05) is 61.6 Å². The van der Waals surface area contributed by atoms with Crippen molar-refractivity contribution in [1.82, 2.24) is 9.88 Å². The molecule has 0 radical (unpaired) electrons. The third kappa shape index (κ3) is 5.93. The number of rotatable bonds is 9. The largest absolute Gasteiger partial charge is 0.494 e. The Labute approximate surface area is 209 Å². The highest BCUT2D eigenvalue weighted by atomic mass is 35.5. The molecule has 0 spiro atoms. The standard InChI is InChI=1S/C26H27N3O3S.ClH/c1-29(15-16-31-2)17-18-9-11-20(12-10-18)25(30)28-26-27-23-22(32-3)14-13-21(24(23)33-26)19-7-5-4-6-8-19;/h4-14H,15-17H2,1-3H3,(H,27,28,30);1H. The Morgan fingerprint density at radius 3 is 2.44 bits per heavy atom. The van der Waals surface area contributed by atoms with Crippen LogP contribution in [0, 0.1) is 0 Å². The van der Waals surface area contributed by atoms with Gasteiger partial charge in [0.2, 0.25) is 0 Å². The highest BCUT2D eigenvalue weighted by Crippen LogP contribution is 2.39. The maximum atomic E-state index is 12.9. The molecule has 1 N–H and O–H groups in total. The van der Waals surface area contributed by atoms with Gasteiger partial charge in [-0.15, -0.1) is 12.4 Å². The molecule has 0 bridgehead atoms. The third-order valence-electron chi connectivity index (χ3n) is 5.38. The monoisotopic (exact) mass is 497 g/mol. The number of hydrogen-bond acceptors (Lipinski definition) is 6. The molecule has 0 unspecified atom stereocenters. The Morgan fingerprint density at radius 2 is 1.76 bits per heavy atom. The van der Waals surface area contributed by atoms with Gasteiger partial charge >= 0.3 is 0 Å². The molecule has 3 aromatic carbocycles. The number of anilines is 1. The van der Waals surface area contributed by atoms with Crippen molar-refractivity contribution in [3.05, 3.63) is 77.9 Å². The number of benzene rings is 3. The number of likely N-dealkylation sites (N-methyl/N-ethyl adjacent to an activating group) is 1. The van der Waals surface area contributed by atoms with E-state index in [0.717, 1.165) is 40.0 Å². The number of amides is 1. The first-order chi connectivity index (χ1) is 16.1. The maximum Gasteiger partial charge on any atom is 0.257 e. The van der Waals surface area contributed by atoms with Crippen molar-refractivity contribution in [3.63, 3.8) is 0 Å². The number of halogens is 1. The number of nitrogens with zero attached hydrogens (tertiary/aromatic N) is 2. The van der Waals surface area contributed by atoms with Gasteiger partial charge in [-0.3, -0.25) is 15.0 Å². The molecule has 178 valence electrons. The van der Waals surface area contributed by atoms with Gasteiger partial charge in [0.15, 0.2) is 5.13 Å². The molecule has 4 rings (SSSR count). The first kappa shape index (κ1) is 25.6. The molecular formula is C26H28ClN3O3S. The van der Waals surface area contributed by atoms with Gasteiger partial charge in [-0.25, -0.2) is 4.98 Å². The van der Waals surface area contributed by atoms with Crippen LogP contribution in [0.15, 0.2) is 66.7 Å². The zero-order chi connectivity index (χ0) is 23.2. The van der Waals surface area contributed by atoms with Crippen LogP contribution in [0.5, 0.6) is 5.75 Å². The van der Waals surface area contributed by atoms with Crippen molar-refractivity contribution in [2.75, 3.05) is 39.7 Å². The van der Waals surface area contributed by atoms with E-state index in [-0.39, 0.29) is 18.3 Å². The highest BCUT2D eigenvalue weighted by Gasteiger charge is 2.16. The molecule has 1 heterocycles. The molecule has 4 aromatic rings. The summed E-state index contributed by atoms with van der Waals surface area (Å²) < 4.78 is 11.6. The fourth-order valence-electron chi connectivity index (χ4n) is 3.62. The zero-order valence-electron chi connectivity index (χ0n) is 19.4. The molecule has 0 fully saturated rings. The Morgan fingerprint density at radius 1 is 1.03 bits per heavy atom. The highest BCUT2D eigenvalue weighted by molar-refractivity contribution is 7.23. The summed E-state index contributed by atoms with van der Waals surface area (Å²) in [6.07, 6.45) is 0. The fourth-order valence-corrected chi connectivity index (χ4v) is 4.63. The van der Waals surface area contributed by atoms with Gasteiger partial charge in [-0.05, 0) is 42.4 Å². The van der Waals surface area contributed by atoms with Gasteiger partial charge in [0.05, 0.1) is 18.4 Å². The van der Waals surface area contributed by atoms with Gasteiger partial charge in [0.25, 0.3) is 5.91 Å². The average Bonchev–Trinajstić information content (AvgIpc) is 3.26. The summed E-state index contributed by atoms with van der Waals surface area (Å²) >= 11 is 1.45. The van der Waals surface area contributed by atoms with Crippen molar-refractivity contribution in [3.8, 4) is 16.9 Å². The molecule has 0 aliphatic rings. The van der Waals surface area contributed by atoms with E-state index in [2.05, 4.69) is 27.3 Å². The number of aromatic nitrogens is 1. The number of methoxy groups -OCH3 is 2. The quantitative estimate of drug-likeness (QED) is 0.320. The van der Waals surface area contributed by atoms with Gasteiger partial charge < -0.3 is 9.47 Å². The summed E-state index contributed by atoms with van der Waals surface area (Å²) in [7, 11) is 5.37. The van der Waals surface area contributed by atoms with Gasteiger partial charge in [0.1, 0.15) is 11.3 Å². The molecule has 34 heavy (non-hydrogen) atoms. The van der Waals surface area contributed by atoms with Crippen molar-refractivity contribution in [1.29, 1.82) is 0 Å². The summed E-state index contributed by atoms with van der Waals surface area (Å²) in [5.74, 6) is 0.497. The van der Waals surface area contributed by atoms with E-state index in [0.29, 0.717) is 23.1 Å².